The van der Waals surface area contributed by atoms with Gasteiger partial charge in [-0.3, -0.25) is 4.79 Å². The molecule has 1 rings (SSSR count). The standard InChI is InChI=1S/C15H29N3O/c1-17(2)11-7-10-16-12-13-8-5-6-9-14(13)15(19)18(3)4/h5-6,13-14,16H,7-12H2,1-4H3. The molecule has 0 heterocycles. The Morgan fingerprint density at radius 1 is 1.21 bits per heavy atom. The van der Waals surface area contributed by atoms with Crippen LogP contribution < -0.4 is 5.32 Å². The quantitative estimate of drug-likeness (QED) is 0.556. The molecule has 4 heteroatoms. The molecule has 1 aliphatic rings. The first-order valence-corrected chi connectivity index (χ1v) is 7.24. The third-order valence-electron chi connectivity index (χ3n) is 3.69. The third kappa shape index (κ3) is 5.74. The van der Waals surface area contributed by atoms with E-state index in [-0.39, 0.29) is 11.8 Å². The Balaban J connectivity index is 2.33. The van der Waals surface area contributed by atoms with Gasteiger partial charge in [-0.25, -0.2) is 0 Å². The van der Waals surface area contributed by atoms with E-state index < -0.39 is 0 Å². The fourth-order valence-corrected chi connectivity index (χ4v) is 2.54. The Hall–Kier alpha value is -0.870. The van der Waals surface area contributed by atoms with Crippen LogP contribution in [0.4, 0.5) is 0 Å². The minimum Gasteiger partial charge on any atom is -0.349 e. The molecule has 19 heavy (non-hydrogen) atoms. The van der Waals surface area contributed by atoms with Gasteiger partial charge in [-0.15, -0.1) is 0 Å². The summed E-state index contributed by atoms with van der Waals surface area (Å²) in [5, 5.41) is 3.50. The number of nitrogens with zero attached hydrogens (tertiary/aromatic N) is 2. The first kappa shape index (κ1) is 16.2. The SMILES string of the molecule is CN(C)CCCNCC1CC=CCC1C(=O)N(C)C. The number of nitrogens with one attached hydrogen (secondary N) is 1. The van der Waals surface area contributed by atoms with E-state index in [4.69, 9.17) is 0 Å². The number of carbonyl (C=O) groups is 1. The summed E-state index contributed by atoms with van der Waals surface area (Å²) in [6.45, 7) is 3.08. The molecular weight excluding hydrogens is 238 g/mol. The lowest BCUT2D eigenvalue weighted by Gasteiger charge is -2.30. The highest BCUT2D eigenvalue weighted by molar-refractivity contribution is 5.79. The van der Waals surface area contributed by atoms with Gasteiger partial charge < -0.3 is 15.1 Å². The summed E-state index contributed by atoms with van der Waals surface area (Å²) in [5.74, 6) is 0.866. The maximum atomic E-state index is 12.1. The molecule has 0 radical (unpaired) electrons. The topological polar surface area (TPSA) is 35.6 Å². The zero-order chi connectivity index (χ0) is 14.3. The lowest BCUT2D eigenvalue weighted by atomic mass is 9.82. The molecule has 110 valence electrons. The number of hydrogen-bond donors (Lipinski definition) is 1. The molecule has 1 amide bonds. The van der Waals surface area contributed by atoms with E-state index >= 15 is 0 Å². The summed E-state index contributed by atoms with van der Waals surface area (Å²) in [6.07, 6.45) is 7.42. The Kier molecular flexibility index (Phi) is 7.10. The molecule has 1 aliphatic carbocycles. The van der Waals surface area contributed by atoms with Crippen molar-refractivity contribution in [3.63, 3.8) is 0 Å². The molecule has 1 N–H and O–H groups in total. The highest BCUT2D eigenvalue weighted by Crippen LogP contribution is 2.26. The molecule has 0 bridgehead atoms. The van der Waals surface area contributed by atoms with Gasteiger partial charge in [0.1, 0.15) is 0 Å². The normalized spacial score (nSPS) is 22.8. The highest BCUT2D eigenvalue weighted by atomic mass is 16.2. The van der Waals surface area contributed by atoms with Gasteiger partial charge in [0.15, 0.2) is 0 Å². The van der Waals surface area contributed by atoms with E-state index in [1.54, 1.807) is 4.90 Å². The van der Waals surface area contributed by atoms with E-state index in [1.807, 2.05) is 14.1 Å². The minimum absolute atomic E-state index is 0.154. The van der Waals surface area contributed by atoms with Crippen molar-refractivity contribution in [3.8, 4) is 0 Å². The van der Waals surface area contributed by atoms with Gasteiger partial charge in [0.05, 0.1) is 0 Å². The van der Waals surface area contributed by atoms with Crippen molar-refractivity contribution < 1.29 is 4.79 Å². The van der Waals surface area contributed by atoms with Gasteiger partial charge in [-0.1, -0.05) is 12.2 Å². The van der Waals surface area contributed by atoms with Crippen LogP contribution in [0.1, 0.15) is 19.3 Å². The fourth-order valence-electron chi connectivity index (χ4n) is 2.54. The number of hydrogen-bond acceptors (Lipinski definition) is 3. The molecule has 2 unspecified atom stereocenters. The first-order valence-electron chi connectivity index (χ1n) is 7.24. The van der Waals surface area contributed by atoms with Crippen LogP contribution in [0.3, 0.4) is 0 Å². The Bertz CT molecular complexity index is 300. The number of carbonyl (C=O) groups excluding carboxylic acids is 1. The lowest BCUT2D eigenvalue weighted by Crippen LogP contribution is -2.39. The number of rotatable bonds is 7. The van der Waals surface area contributed by atoms with Crippen molar-refractivity contribution in [1.29, 1.82) is 0 Å². The minimum atomic E-state index is 0.154. The van der Waals surface area contributed by atoms with Gasteiger partial charge in [-0.05, 0) is 58.9 Å². The van der Waals surface area contributed by atoms with Gasteiger partial charge in [0.2, 0.25) is 5.91 Å². The molecule has 0 aromatic rings. The zero-order valence-electron chi connectivity index (χ0n) is 12.9. The van der Waals surface area contributed by atoms with Crippen LogP contribution in [0.5, 0.6) is 0 Å². The largest absolute Gasteiger partial charge is 0.349 e. The molecule has 4 nitrogen and oxygen atoms in total. The summed E-state index contributed by atoms with van der Waals surface area (Å²) >= 11 is 0. The fraction of sp³-hybridized carbons (Fsp3) is 0.800. The van der Waals surface area contributed by atoms with Crippen molar-refractivity contribution in [3.05, 3.63) is 12.2 Å². The van der Waals surface area contributed by atoms with Crippen LogP contribution in [0.15, 0.2) is 12.2 Å². The van der Waals surface area contributed by atoms with Gasteiger partial charge >= 0.3 is 0 Å². The van der Waals surface area contributed by atoms with Crippen molar-refractivity contribution in [2.24, 2.45) is 11.8 Å². The van der Waals surface area contributed by atoms with E-state index in [0.29, 0.717) is 5.92 Å². The smallest absolute Gasteiger partial charge is 0.225 e. The number of allylic oxidation sites excluding steroid dienone is 2. The molecular formula is C15H29N3O. The molecule has 2 atom stereocenters. The van der Waals surface area contributed by atoms with E-state index in [9.17, 15) is 4.79 Å². The van der Waals surface area contributed by atoms with Crippen LogP contribution in [0.2, 0.25) is 0 Å². The summed E-state index contributed by atoms with van der Waals surface area (Å²) in [5.41, 5.74) is 0. The monoisotopic (exact) mass is 267 g/mol. The predicted molar refractivity (Wildman–Crippen MR) is 80.1 cm³/mol. The van der Waals surface area contributed by atoms with Crippen molar-refractivity contribution in [1.82, 2.24) is 15.1 Å². The molecule has 0 aromatic carbocycles. The van der Waals surface area contributed by atoms with Crippen LogP contribution in [0.25, 0.3) is 0 Å². The lowest BCUT2D eigenvalue weighted by molar-refractivity contribution is -0.134. The Morgan fingerprint density at radius 2 is 1.89 bits per heavy atom. The highest BCUT2D eigenvalue weighted by Gasteiger charge is 2.29. The van der Waals surface area contributed by atoms with Crippen LogP contribution in [0, 0.1) is 11.8 Å². The Labute approximate surface area is 117 Å². The average Bonchev–Trinajstić information content (AvgIpc) is 2.37. The second-order valence-electron chi connectivity index (χ2n) is 5.90. The average molecular weight is 267 g/mol. The summed E-state index contributed by atoms with van der Waals surface area (Å²) in [4.78, 5) is 16.1. The van der Waals surface area contributed by atoms with Crippen LogP contribution in [-0.2, 0) is 4.79 Å². The second kappa shape index (κ2) is 8.33. The Morgan fingerprint density at radius 3 is 2.53 bits per heavy atom. The van der Waals surface area contributed by atoms with Crippen LogP contribution >= 0.6 is 0 Å². The predicted octanol–water partition coefficient (Wildman–Crippen LogP) is 1.20. The maximum Gasteiger partial charge on any atom is 0.225 e. The maximum absolute atomic E-state index is 12.1. The summed E-state index contributed by atoms with van der Waals surface area (Å²) in [7, 11) is 7.89. The van der Waals surface area contributed by atoms with E-state index in [0.717, 1.165) is 38.9 Å². The molecule has 0 saturated heterocycles. The van der Waals surface area contributed by atoms with Crippen molar-refractivity contribution in [2.45, 2.75) is 19.3 Å². The summed E-state index contributed by atoms with van der Waals surface area (Å²) < 4.78 is 0. The third-order valence-corrected chi connectivity index (χ3v) is 3.69. The van der Waals surface area contributed by atoms with Crippen molar-refractivity contribution in [2.75, 3.05) is 47.8 Å². The molecule has 0 aliphatic heterocycles. The first-order chi connectivity index (χ1) is 9.02. The van der Waals surface area contributed by atoms with Gasteiger partial charge in [-0.2, -0.15) is 0 Å². The summed E-state index contributed by atoms with van der Waals surface area (Å²) in [6, 6.07) is 0. The van der Waals surface area contributed by atoms with E-state index in [1.165, 1.54) is 0 Å². The van der Waals surface area contributed by atoms with Gasteiger partial charge in [0, 0.05) is 20.0 Å². The molecule has 0 fully saturated rings. The van der Waals surface area contributed by atoms with Gasteiger partial charge in [0.25, 0.3) is 0 Å². The van der Waals surface area contributed by atoms with Crippen LogP contribution in [-0.4, -0.2) is 63.5 Å². The molecule has 0 spiro atoms. The molecule has 0 aromatic heterocycles. The zero-order valence-corrected chi connectivity index (χ0v) is 12.9. The second-order valence-corrected chi connectivity index (χ2v) is 5.90. The van der Waals surface area contributed by atoms with E-state index in [2.05, 4.69) is 36.5 Å². The molecule has 0 saturated carbocycles. The van der Waals surface area contributed by atoms with Crippen molar-refractivity contribution >= 4 is 5.91 Å². The number of amides is 1.